The van der Waals surface area contributed by atoms with Crippen molar-refractivity contribution in [3.8, 4) is 0 Å². The van der Waals surface area contributed by atoms with Gasteiger partial charge < -0.3 is 0 Å². The molecular formula is C12H16N6S. The number of benzene rings is 1. The molecule has 0 radical (unpaired) electrons. The van der Waals surface area contributed by atoms with Gasteiger partial charge in [-0.1, -0.05) is 18.2 Å². The molecule has 0 saturated heterocycles. The molecule has 0 spiro atoms. The van der Waals surface area contributed by atoms with Crippen LogP contribution in [0.3, 0.4) is 0 Å². The average Bonchev–Trinajstić information content (AvgIpc) is 3.01. The molecule has 3 rings (SSSR count). The Hall–Kier alpha value is -1.44. The normalized spacial score (nSPS) is 19.4. The van der Waals surface area contributed by atoms with Gasteiger partial charge in [-0.15, -0.1) is 22.0 Å². The van der Waals surface area contributed by atoms with Crippen LogP contribution in [0.15, 0.2) is 29.2 Å². The summed E-state index contributed by atoms with van der Waals surface area (Å²) in [6.07, 6.45) is 1.71. The fourth-order valence-electron chi connectivity index (χ4n) is 2.33. The summed E-state index contributed by atoms with van der Waals surface area (Å²) >= 11 is 1.87. The van der Waals surface area contributed by atoms with Crippen LogP contribution >= 0.6 is 11.8 Å². The zero-order chi connectivity index (χ0) is 13.2. The van der Waals surface area contributed by atoms with Crippen LogP contribution in [0.2, 0.25) is 0 Å². The molecule has 2 atom stereocenters. The lowest BCUT2D eigenvalue weighted by molar-refractivity contribution is 0.495. The summed E-state index contributed by atoms with van der Waals surface area (Å²) in [7, 11) is 1.77. The van der Waals surface area contributed by atoms with Crippen LogP contribution in [-0.2, 0) is 19.9 Å². The van der Waals surface area contributed by atoms with Crippen molar-refractivity contribution in [2.75, 3.05) is 0 Å². The Balaban J connectivity index is 1.71. The summed E-state index contributed by atoms with van der Waals surface area (Å²) in [5.41, 5.74) is 4.29. The van der Waals surface area contributed by atoms with E-state index in [-0.39, 0.29) is 6.04 Å². The number of nitrogens with zero attached hydrogens (tertiary/aromatic N) is 4. The molecule has 3 N–H and O–H groups in total. The molecule has 2 aromatic rings. The fourth-order valence-corrected chi connectivity index (χ4v) is 3.72. The van der Waals surface area contributed by atoms with Gasteiger partial charge in [0.2, 0.25) is 0 Å². The van der Waals surface area contributed by atoms with Crippen molar-refractivity contribution in [2.45, 2.75) is 29.0 Å². The minimum Gasteiger partial charge on any atom is -0.271 e. The Bertz CT molecular complexity index is 544. The van der Waals surface area contributed by atoms with E-state index in [0.29, 0.717) is 11.7 Å². The molecule has 1 aromatic heterocycles. The SMILES string of the molecule is Cn1nnc(CC(NN)C2Cc3ccccc3S2)n1. The van der Waals surface area contributed by atoms with Crippen molar-refractivity contribution in [3.63, 3.8) is 0 Å². The molecule has 0 fully saturated rings. The van der Waals surface area contributed by atoms with Crippen LogP contribution in [0, 0.1) is 0 Å². The number of tetrazole rings is 1. The van der Waals surface area contributed by atoms with Crippen LogP contribution < -0.4 is 11.3 Å². The lowest BCUT2D eigenvalue weighted by Gasteiger charge is -2.20. The Morgan fingerprint density at radius 1 is 1.53 bits per heavy atom. The van der Waals surface area contributed by atoms with Crippen molar-refractivity contribution < 1.29 is 0 Å². The van der Waals surface area contributed by atoms with E-state index < -0.39 is 0 Å². The fraction of sp³-hybridized carbons (Fsp3) is 0.417. The molecular weight excluding hydrogens is 260 g/mol. The second-order valence-corrected chi connectivity index (χ2v) is 5.92. The van der Waals surface area contributed by atoms with E-state index in [4.69, 9.17) is 5.84 Å². The van der Waals surface area contributed by atoms with E-state index >= 15 is 0 Å². The maximum absolute atomic E-state index is 5.70. The van der Waals surface area contributed by atoms with Crippen LogP contribution in [0.4, 0.5) is 0 Å². The highest BCUT2D eigenvalue weighted by atomic mass is 32.2. The first-order valence-corrected chi connectivity index (χ1v) is 7.08. The standard InChI is InChI=1S/C12H16N6S/c1-18-16-12(15-17-18)7-9(14-13)11-6-8-4-2-3-5-10(8)19-11/h2-5,9,11,14H,6-7,13H2,1H3. The zero-order valence-electron chi connectivity index (χ0n) is 10.7. The quantitative estimate of drug-likeness (QED) is 0.617. The number of thioether (sulfide) groups is 1. The van der Waals surface area contributed by atoms with Gasteiger partial charge in [0, 0.05) is 22.6 Å². The number of aryl methyl sites for hydroxylation is 1. The van der Waals surface area contributed by atoms with Gasteiger partial charge in [0.1, 0.15) is 0 Å². The average molecular weight is 276 g/mol. The highest BCUT2D eigenvalue weighted by molar-refractivity contribution is 8.00. The van der Waals surface area contributed by atoms with E-state index in [2.05, 4.69) is 45.1 Å². The molecule has 2 unspecified atom stereocenters. The number of hydrogen-bond donors (Lipinski definition) is 2. The Morgan fingerprint density at radius 3 is 3.05 bits per heavy atom. The molecule has 1 aliphatic heterocycles. The summed E-state index contributed by atoms with van der Waals surface area (Å²) in [6.45, 7) is 0. The van der Waals surface area contributed by atoms with Crippen molar-refractivity contribution in [3.05, 3.63) is 35.7 Å². The first-order valence-electron chi connectivity index (χ1n) is 6.20. The number of nitrogens with two attached hydrogens (primary N) is 1. The van der Waals surface area contributed by atoms with Gasteiger partial charge in [0.15, 0.2) is 5.82 Å². The van der Waals surface area contributed by atoms with Gasteiger partial charge in [-0.05, 0) is 23.3 Å². The number of hydrogen-bond acceptors (Lipinski definition) is 6. The molecule has 0 amide bonds. The second-order valence-electron chi connectivity index (χ2n) is 4.64. The summed E-state index contributed by atoms with van der Waals surface area (Å²) in [4.78, 5) is 2.82. The zero-order valence-corrected chi connectivity index (χ0v) is 11.5. The van der Waals surface area contributed by atoms with Crippen LogP contribution in [0.25, 0.3) is 0 Å². The molecule has 100 valence electrons. The van der Waals surface area contributed by atoms with Gasteiger partial charge in [-0.25, -0.2) is 0 Å². The van der Waals surface area contributed by atoms with Gasteiger partial charge in [-0.3, -0.25) is 11.3 Å². The van der Waals surface area contributed by atoms with Crippen LogP contribution in [0.1, 0.15) is 11.4 Å². The van der Waals surface area contributed by atoms with Gasteiger partial charge in [-0.2, -0.15) is 4.80 Å². The van der Waals surface area contributed by atoms with E-state index in [1.54, 1.807) is 7.05 Å². The van der Waals surface area contributed by atoms with E-state index in [1.165, 1.54) is 15.3 Å². The maximum atomic E-state index is 5.70. The minimum atomic E-state index is 0.140. The molecule has 0 aliphatic carbocycles. The maximum Gasteiger partial charge on any atom is 0.176 e. The molecule has 6 nitrogen and oxygen atoms in total. The summed E-state index contributed by atoms with van der Waals surface area (Å²) < 4.78 is 0. The third-order valence-corrected chi connectivity index (χ3v) is 4.74. The third-order valence-electron chi connectivity index (χ3n) is 3.29. The smallest absolute Gasteiger partial charge is 0.176 e. The molecule has 0 bridgehead atoms. The first-order chi connectivity index (χ1) is 9.26. The molecule has 1 aromatic carbocycles. The van der Waals surface area contributed by atoms with Crippen LogP contribution in [0.5, 0.6) is 0 Å². The Labute approximate surface area is 115 Å². The van der Waals surface area contributed by atoms with Crippen molar-refractivity contribution >= 4 is 11.8 Å². The van der Waals surface area contributed by atoms with Crippen molar-refractivity contribution in [1.29, 1.82) is 0 Å². The third kappa shape index (κ3) is 2.63. The number of aromatic nitrogens is 4. The number of fused-ring (bicyclic) bond motifs is 1. The minimum absolute atomic E-state index is 0.140. The lowest BCUT2D eigenvalue weighted by atomic mass is 10.0. The van der Waals surface area contributed by atoms with Crippen LogP contribution in [-0.4, -0.2) is 31.5 Å². The molecule has 2 heterocycles. The lowest BCUT2D eigenvalue weighted by Crippen LogP contribution is -2.44. The monoisotopic (exact) mass is 276 g/mol. The first kappa shape index (κ1) is 12.6. The van der Waals surface area contributed by atoms with Gasteiger partial charge in [0.05, 0.1) is 7.05 Å². The molecule has 7 heteroatoms. The predicted octanol–water partition coefficient (Wildman–Crippen LogP) is 0.302. The second kappa shape index (κ2) is 5.28. The molecule has 19 heavy (non-hydrogen) atoms. The predicted molar refractivity (Wildman–Crippen MR) is 73.4 cm³/mol. The van der Waals surface area contributed by atoms with Crippen molar-refractivity contribution in [2.24, 2.45) is 12.9 Å². The van der Waals surface area contributed by atoms with E-state index in [0.717, 1.165) is 12.2 Å². The highest BCUT2D eigenvalue weighted by Crippen LogP contribution is 2.38. The summed E-state index contributed by atoms with van der Waals surface area (Å²) in [5.74, 6) is 6.42. The molecule has 1 aliphatic rings. The number of nitrogens with one attached hydrogen (secondary N) is 1. The van der Waals surface area contributed by atoms with E-state index in [1.807, 2.05) is 11.8 Å². The van der Waals surface area contributed by atoms with Gasteiger partial charge in [0.25, 0.3) is 0 Å². The van der Waals surface area contributed by atoms with E-state index in [9.17, 15) is 0 Å². The Kier molecular flexibility index (Phi) is 3.50. The highest BCUT2D eigenvalue weighted by Gasteiger charge is 2.29. The summed E-state index contributed by atoms with van der Waals surface area (Å²) in [6, 6.07) is 8.63. The van der Waals surface area contributed by atoms with Gasteiger partial charge >= 0.3 is 0 Å². The number of hydrazine groups is 1. The molecule has 0 saturated carbocycles. The largest absolute Gasteiger partial charge is 0.271 e. The summed E-state index contributed by atoms with van der Waals surface area (Å²) in [5, 5.41) is 12.5. The Morgan fingerprint density at radius 2 is 2.37 bits per heavy atom. The topological polar surface area (TPSA) is 81.7 Å². The van der Waals surface area contributed by atoms with Crippen molar-refractivity contribution in [1.82, 2.24) is 25.6 Å². The number of rotatable bonds is 4.